The Kier molecular flexibility index (Phi) is 3.49. The summed E-state index contributed by atoms with van der Waals surface area (Å²) in [6.45, 7) is 0. The predicted molar refractivity (Wildman–Crippen MR) is 68.3 cm³/mol. The summed E-state index contributed by atoms with van der Waals surface area (Å²) in [6.07, 6.45) is 0.902. The van der Waals surface area contributed by atoms with Crippen LogP contribution in [0.3, 0.4) is 0 Å². The lowest BCUT2D eigenvalue weighted by Crippen LogP contribution is -2.22. The number of anilines is 1. The van der Waals surface area contributed by atoms with Crippen LogP contribution in [-0.2, 0) is 9.59 Å². The highest BCUT2D eigenvalue weighted by Gasteiger charge is 2.19. The molecule has 1 aromatic carbocycles. The number of hydrogen-bond acceptors (Lipinski definition) is 4. The van der Waals surface area contributed by atoms with Crippen molar-refractivity contribution < 1.29 is 9.59 Å². The van der Waals surface area contributed by atoms with Crippen LogP contribution in [0.5, 0.6) is 0 Å². The van der Waals surface area contributed by atoms with Crippen LogP contribution in [0.1, 0.15) is 11.6 Å². The van der Waals surface area contributed by atoms with E-state index in [1.165, 1.54) is 11.8 Å². The molecule has 1 aliphatic heterocycles. The third-order valence-corrected chi connectivity index (χ3v) is 3.74. The predicted octanol–water partition coefficient (Wildman–Crippen LogP) is 1.53. The minimum absolute atomic E-state index is 0.00663. The van der Waals surface area contributed by atoms with Gasteiger partial charge in [-0.2, -0.15) is 0 Å². The number of amides is 1. The minimum Gasteiger partial charge on any atom is -0.324 e. The molecule has 1 amide bonds. The second kappa shape index (κ2) is 4.89. The van der Waals surface area contributed by atoms with E-state index >= 15 is 0 Å². The largest absolute Gasteiger partial charge is 0.324 e. The van der Waals surface area contributed by atoms with Gasteiger partial charge in [-0.3, -0.25) is 9.69 Å². The van der Waals surface area contributed by atoms with Crippen LogP contribution >= 0.6 is 11.8 Å². The fraction of sp³-hybridized carbons (Fsp3) is 0.333. The standard InChI is InChI=1S/C12H14N2O2S/c1-14(2)10(6-15)8-3-4-11-9(5-8)13-12(16)7-17-11/h3-6,10H,7H2,1-2H3,(H,13,16). The quantitative estimate of drug-likeness (QED) is 0.827. The Morgan fingerprint density at radius 1 is 1.47 bits per heavy atom. The van der Waals surface area contributed by atoms with Gasteiger partial charge in [0.1, 0.15) is 6.29 Å². The van der Waals surface area contributed by atoms with Crippen molar-refractivity contribution in [1.82, 2.24) is 4.90 Å². The maximum Gasteiger partial charge on any atom is 0.234 e. The van der Waals surface area contributed by atoms with Gasteiger partial charge in [0.05, 0.1) is 17.5 Å². The van der Waals surface area contributed by atoms with Gasteiger partial charge in [0.25, 0.3) is 0 Å². The SMILES string of the molecule is CN(C)C(C=O)c1ccc2c(c1)NC(=O)CS2. The van der Waals surface area contributed by atoms with Gasteiger partial charge in [0.15, 0.2) is 0 Å². The fourth-order valence-corrected chi connectivity index (χ4v) is 2.57. The molecule has 0 radical (unpaired) electrons. The van der Waals surface area contributed by atoms with E-state index in [-0.39, 0.29) is 11.9 Å². The van der Waals surface area contributed by atoms with E-state index < -0.39 is 0 Å². The number of hydrogen-bond donors (Lipinski definition) is 1. The molecule has 0 aromatic heterocycles. The molecular weight excluding hydrogens is 236 g/mol. The number of nitrogens with one attached hydrogen (secondary N) is 1. The summed E-state index contributed by atoms with van der Waals surface area (Å²) in [5, 5.41) is 2.82. The van der Waals surface area contributed by atoms with Gasteiger partial charge in [-0.25, -0.2) is 0 Å². The minimum atomic E-state index is -0.274. The molecule has 90 valence electrons. The Balaban J connectivity index is 2.35. The summed E-state index contributed by atoms with van der Waals surface area (Å²) in [6, 6.07) is 5.49. The molecule has 2 rings (SSSR count). The van der Waals surface area contributed by atoms with Gasteiger partial charge in [-0.1, -0.05) is 6.07 Å². The van der Waals surface area contributed by atoms with E-state index in [2.05, 4.69) is 5.32 Å². The van der Waals surface area contributed by atoms with Gasteiger partial charge in [0, 0.05) is 4.90 Å². The number of fused-ring (bicyclic) bond motifs is 1. The van der Waals surface area contributed by atoms with Crippen LogP contribution in [0.15, 0.2) is 23.1 Å². The first-order valence-corrected chi connectivity index (χ1v) is 6.28. The molecule has 1 aliphatic rings. The summed E-state index contributed by atoms with van der Waals surface area (Å²) in [5.74, 6) is 0.462. The van der Waals surface area contributed by atoms with Crippen LogP contribution in [0.25, 0.3) is 0 Å². The van der Waals surface area contributed by atoms with Gasteiger partial charge < -0.3 is 10.1 Å². The number of thioether (sulfide) groups is 1. The highest BCUT2D eigenvalue weighted by atomic mass is 32.2. The van der Waals surface area contributed by atoms with Crippen molar-refractivity contribution in [2.75, 3.05) is 25.2 Å². The average molecular weight is 250 g/mol. The Morgan fingerprint density at radius 2 is 2.24 bits per heavy atom. The summed E-state index contributed by atoms with van der Waals surface area (Å²) in [4.78, 5) is 25.2. The normalized spacial score (nSPS) is 16.3. The molecule has 5 heteroatoms. The van der Waals surface area contributed by atoms with E-state index in [1.807, 2.05) is 37.2 Å². The van der Waals surface area contributed by atoms with Gasteiger partial charge in [-0.05, 0) is 31.8 Å². The molecule has 0 bridgehead atoms. The molecular formula is C12H14N2O2S. The van der Waals surface area contributed by atoms with Gasteiger partial charge in [0.2, 0.25) is 5.91 Å². The Bertz CT molecular complexity index is 460. The maximum absolute atomic E-state index is 11.3. The molecule has 1 unspecified atom stereocenters. The third kappa shape index (κ3) is 2.50. The maximum atomic E-state index is 11.3. The van der Waals surface area contributed by atoms with E-state index in [1.54, 1.807) is 0 Å². The summed E-state index contributed by atoms with van der Waals surface area (Å²) >= 11 is 1.52. The lowest BCUT2D eigenvalue weighted by Gasteiger charge is -2.22. The average Bonchev–Trinajstić information content (AvgIpc) is 2.29. The van der Waals surface area contributed by atoms with Crippen molar-refractivity contribution in [3.63, 3.8) is 0 Å². The van der Waals surface area contributed by atoms with Gasteiger partial charge in [-0.15, -0.1) is 11.8 Å². The zero-order chi connectivity index (χ0) is 12.4. The Hall–Kier alpha value is -1.33. The molecule has 1 aromatic rings. The number of carbonyl (C=O) groups excluding carboxylic acids is 2. The van der Waals surface area contributed by atoms with Gasteiger partial charge >= 0.3 is 0 Å². The van der Waals surface area contributed by atoms with E-state index in [0.717, 1.165) is 22.4 Å². The van der Waals surface area contributed by atoms with Crippen molar-refractivity contribution in [2.45, 2.75) is 10.9 Å². The summed E-state index contributed by atoms with van der Waals surface area (Å²) in [5.41, 5.74) is 1.70. The van der Waals surface area contributed by atoms with Crippen molar-refractivity contribution >= 4 is 29.6 Å². The molecule has 1 N–H and O–H groups in total. The Morgan fingerprint density at radius 3 is 2.88 bits per heavy atom. The van der Waals surface area contributed by atoms with Crippen molar-refractivity contribution in [2.24, 2.45) is 0 Å². The lowest BCUT2D eigenvalue weighted by molar-refractivity contribution is -0.114. The second-order valence-electron chi connectivity index (χ2n) is 4.14. The van der Waals surface area contributed by atoms with E-state index in [0.29, 0.717) is 5.75 Å². The first-order valence-electron chi connectivity index (χ1n) is 5.30. The summed E-state index contributed by atoms with van der Waals surface area (Å²) in [7, 11) is 3.71. The molecule has 0 saturated carbocycles. The summed E-state index contributed by atoms with van der Waals surface area (Å²) < 4.78 is 0. The highest BCUT2D eigenvalue weighted by Crippen LogP contribution is 2.33. The number of likely N-dealkylation sites (N-methyl/N-ethyl adjacent to an activating group) is 1. The monoisotopic (exact) mass is 250 g/mol. The first kappa shape index (κ1) is 12.1. The van der Waals surface area contributed by atoms with Crippen molar-refractivity contribution in [3.05, 3.63) is 23.8 Å². The molecule has 4 nitrogen and oxygen atoms in total. The smallest absolute Gasteiger partial charge is 0.234 e. The number of carbonyl (C=O) groups is 2. The van der Waals surface area contributed by atoms with E-state index in [4.69, 9.17) is 0 Å². The highest BCUT2D eigenvalue weighted by molar-refractivity contribution is 8.00. The molecule has 0 aliphatic carbocycles. The number of aldehydes is 1. The lowest BCUT2D eigenvalue weighted by atomic mass is 10.1. The third-order valence-electron chi connectivity index (χ3n) is 2.66. The fourth-order valence-electron chi connectivity index (χ4n) is 1.78. The number of nitrogens with zero attached hydrogens (tertiary/aromatic N) is 1. The van der Waals surface area contributed by atoms with Crippen LogP contribution in [-0.4, -0.2) is 36.9 Å². The molecule has 0 saturated heterocycles. The number of benzene rings is 1. The van der Waals surface area contributed by atoms with Crippen molar-refractivity contribution in [1.29, 1.82) is 0 Å². The molecule has 0 spiro atoms. The van der Waals surface area contributed by atoms with E-state index in [9.17, 15) is 9.59 Å². The second-order valence-corrected chi connectivity index (χ2v) is 5.15. The molecule has 1 atom stereocenters. The van der Waals surface area contributed by atoms with Crippen molar-refractivity contribution in [3.8, 4) is 0 Å². The Labute approximate surface area is 104 Å². The zero-order valence-electron chi connectivity index (χ0n) is 9.77. The van der Waals surface area contributed by atoms with Crippen LogP contribution in [0.2, 0.25) is 0 Å². The van der Waals surface area contributed by atoms with Crippen LogP contribution in [0.4, 0.5) is 5.69 Å². The molecule has 1 heterocycles. The molecule has 17 heavy (non-hydrogen) atoms. The van der Waals surface area contributed by atoms with Crippen LogP contribution in [0, 0.1) is 0 Å². The first-order chi connectivity index (χ1) is 8.11. The molecule has 0 fully saturated rings. The van der Waals surface area contributed by atoms with Crippen LogP contribution < -0.4 is 5.32 Å². The number of rotatable bonds is 3. The topological polar surface area (TPSA) is 49.4 Å². The zero-order valence-corrected chi connectivity index (χ0v) is 10.6.